The van der Waals surface area contributed by atoms with Crippen LogP contribution in [0.5, 0.6) is 0 Å². The van der Waals surface area contributed by atoms with Gasteiger partial charge >= 0.3 is 0 Å². The summed E-state index contributed by atoms with van der Waals surface area (Å²) in [5.74, 6) is -0.307. The lowest BCUT2D eigenvalue weighted by Gasteiger charge is -2.08. The Morgan fingerprint density at radius 1 is 1.29 bits per heavy atom. The van der Waals surface area contributed by atoms with Crippen molar-refractivity contribution in [1.29, 1.82) is 0 Å². The zero-order chi connectivity index (χ0) is 10.4. The summed E-state index contributed by atoms with van der Waals surface area (Å²) < 4.78 is 24.2. The molecule has 2 nitrogen and oxygen atoms in total. The molecule has 5 heteroatoms. The Hall–Kier alpha value is -1.23. The van der Waals surface area contributed by atoms with Gasteiger partial charge in [0.05, 0.1) is 0 Å². The zero-order valence-corrected chi connectivity index (χ0v) is 8.20. The fourth-order valence-electron chi connectivity index (χ4n) is 0.869. The highest BCUT2D eigenvalue weighted by atomic mass is 32.1. The molecule has 0 fully saturated rings. The van der Waals surface area contributed by atoms with Gasteiger partial charge in [-0.25, -0.2) is 8.78 Å². The molecule has 0 amide bonds. The Morgan fingerprint density at radius 3 is 2.50 bits per heavy atom. The van der Waals surface area contributed by atoms with Crippen LogP contribution < -0.4 is 10.6 Å². The van der Waals surface area contributed by atoms with E-state index in [-0.39, 0.29) is 12.4 Å². The minimum Gasteiger partial charge on any atom is -0.360 e. The largest absolute Gasteiger partial charge is 0.360 e. The minimum absolute atomic E-state index is 0.174. The number of halogens is 2. The molecule has 76 valence electrons. The van der Waals surface area contributed by atoms with Crippen LogP contribution in [-0.2, 0) is 0 Å². The number of rotatable bonds is 3. The molecular formula is C9H10F2N2S. The minimum atomic E-state index is -0.481. The molecule has 0 saturated heterocycles. The van der Waals surface area contributed by atoms with E-state index in [1.54, 1.807) is 12.1 Å². The summed E-state index contributed by atoms with van der Waals surface area (Å²) in [6, 6.07) is 5.75. The molecule has 0 heterocycles. The molecule has 0 aromatic heterocycles. The van der Waals surface area contributed by atoms with E-state index in [4.69, 9.17) is 12.2 Å². The van der Waals surface area contributed by atoms with Gasteiger partial charge in [0.1, 0.15) is 12.5 Å². The lowest BCUT2D eigenvalue weighted by molar-refractivity contribution is 0.492. The van der Waals surface area contributed by atoms with Gasteiger partial charge < -0.3 is 10.6 Å². The van der Waals surface area contributed by atoms with Gasteiger partial charge in [0, 0.05) is 12.2 Å². The predicted octanol–water partition coefficient (Wildman–Crippen LogP) is 2.08. The zero-order valence-electron chi connectivity index (χ0n) is 7.39. The van der Waals surface area contributed by atoms with Crippen molar-refractivity contribution >= 4 is 23.0 Å². The Kier molecular flexibility index (Phi) is 4.25. The molecule has 0 spiro atoms. The van der Waals surface area contributed by atoms with E-state index in [2.05, 4.69) is 10.6 Å². The van der Waals surface area contributed by atoms with E-state index >= 15 is 0 Å². The molecule has 1 aromatic carbocycles. The van der Waals surface area contributed by atoms with Gasteiger partial charge in [0.2, 0.25) is 0 Å². The van der Waals surface area contributed by atoms with Crippen LogP contribution >= 0.6 is 12.2 Å². The summed E-state index contributed by atoms with van der Waals surface area (Å²) in [7, 11) is 0. The predicted molar refractivity (Wildman–Crippen MR) is 56.6 cm³/mol. The van der Waals surface area contributed by atoms with Crippen molar-refractivity contribution in [3.05, 3.63) is 30.1 Å². The SMILES string of the molecule is FCCNC(=S)Nc1ccc(F)cc1. The Bertz CT molecular complexity index is 300. The number of benzene rings is 1. The van der Waals surface area contributed by atoms with Crippen LogP contribution in [0, 0.1) is 5.82 Å². The van der Waals surface area contributed by atoms with Crippen molar-refractivity contribution in [3.63, 3.8) is 0 Å². The third-order valence-corrected chi connectivity index (χ3v) is 1.73. The summed E-state index contributed by atoms with van der Waals surface area (Å²) in [6.07, 6.45) is 0. The monoisotopic (exact) mass is 216 g/mol. The number of hydrogen-bond acceptors (Lipinski definition) is 1. The van der Waals surface area contributed by atoms with E-state index in [1.807, 2.05) is 0 Å². The number of nitrogens with one attached hydrogen (secondary N) is 2. The summed E-state index contributed by atoms with van der Waals surface area (Å²) in [6.45, 7) is -0.307. The van der Waals surface area contributed by atoms with Crippen LogP contribution in [0.25, 0.3) is 0 Å². The fraction of sp³-hybridized carbons (Fsp3) is 0.222. The molecule has 0 atom stereocenters. The maximum atomic E-state index is 12.5. The van der Waals surface area contributed by atoms with Gasteiger partial charge in [0.15, 0.2) is 5.11 Å². The third-order valence-electron chi connectivity index (χ3n) is 1.48. The topological polar surface area (TPSA) is 24.1 Å². The molecule has 0 unspecified atom stereocenters. The summed E-state index contributed by atoms with van der Waals surface area (Å²) in [5, 5.41) is 5.77. The van der Waals surface area contributed by atoms with E-state index in [0.29, 0.717) is 10.8 Å². The van der Waals surface area contributed by atoms with Gasteiger partial charge in [-0.15, -0.1) is 0 Å². The standard InChI is InChI=1S/C9H10F2N2S/c10-5-6-12-9(14)13-8-3-1-7(11)2-4-8/h1-4H,5-6H2,(H2,12,13,14). The molecule has 0 radical (unpaired) electrons. The first kappa shape index (κ1) is 10.8. The van der Waals surface area contributed by atoms with Crippen molar-refractivity contribution in [2.24, 2.45) is 0 Å². The van der Waals surface area contributed by atoms with E-state index in [1.165, 1.54) is 12.1 Å². The van der Waals surface area contributed by atoms with Crippen LogP contribution in [0.15, 0.2) is 24.3 Å². The summed E-state index contributed by atoms with van der Waals surface area (Å²) in [4.78, 5) is 0. The highest BCUT2D eigenvalue weighted by molar-refractivity contribution is 7.80. The van der Waals surface area contributed by atoms with Gasteiger partial charge in [-0.3, -0.25) is 0 Å². The molecule has 14 heavy (non-hydrogen) atoms. The third kappa shape index (κ3) is 3.66. The molecule has 0 bridgehead atoms. The van der Waals surface area contributed by atoms with E-state index in [0.717, 1.165) is 0 Å². The number of hydrogen-bond donors (Lipinski definition) is 2. The lowest BCUT2D eigenvalue weighted by Crippen LogP contribution is -2.29. The highest BCUT2D eigenvalue weighted by Crippen LogP contribution is 2.07. The van der Waals surface area contributed by atoms with Crippen LogP contribution in [-0.4, -0.2) is 18.3 Å². The number of alkyl halides is 1. The lowest BCUT2D eigenvalue weighted by atomic mass is 10.3. The normalized spacial score (nSPS) is 9.57. The van der Waals surface area contributed by atoms with Crippen molar-refractivity contribution in [1.82, 2.24) is 5.32 Å². The van der Waals surface area contributed by atoms with Crippen LogP contribution in [0.1, 0.15) is 0 Å². The van der Waals surface area contributed by atoms with Crippen molar-refractivity contribution in [2.45, 2.75) is 0 Å². The molecule has 0 aliphatic rings. The number of thiocarbonyl (C=S) groups is 1. The Balaban J connectivity index is 2.44. The Morgan fingerprint density at radius 2 is 1.93 bits per heavy atom. The highest BCUT2D eigenvalue weighted by Gasteiger charge is 1.96. The van der Waals surface area contributed by atoms with Crippen molar-refractivity contribution < 1.29 is 8.78 Å². The first-order chi connectivity index (χ1) is 6.72. The summed E-state index contributed by atoms with van der Waals surface area (Å²) in [5.41, 5.74) is 0.669. The second kappa shape index (κ2) is 5.49. The maximum absolute atomic E-state index is 12.5. The quantitative estimate of drug-likeness (QED) is 0.756. The number of anilines is 1. The van der Waals surface area contributed by atoms with Gasteiger partial charge in [-0.1, -0.05) is 0 Å². The second-order valence-electron chi connectivity index (χ2n) is 2.58. The average Bonchev–Trinajstić information content (AvgIpc) is 2.18. The molecule has 0 aliphatic carbocycles. The van der Waals surface area contributed by atoms with Crippen LogP contribution in [0.3, 0.4) is 0 Å². The van der Waals surface area contributed by atoms with Crippen LogP contribution in [0.4, 0.5) is 14.5 Å². The smallest absolute Gasteiger partial charge is 0.170 e. The van der Waals surface area contributed by atoms with E-state index < -0.39 is 6.67 Å². The molecular weight excluding hydrogens is 206 g/mol. The van der Waals surface area contributed by atoms with Crippen LogP contribution in [0.2, 0.25) is 0 Å². The first-order valence-corrected chi connectivity index (χ1v) is 4.49. The van der Waals surface area contributed by atoms with Gasteiger partial charge in [-0.2, -0.15) is 0 Å². The van der Waals surface area contributed by atoms with Gasteiger partial charge in [0.25, 0.3) is 0 Å². The van der Waals surface area contributed by atoms with Crippen molar-refractivity contribution in [3.8, 4) is 0 Å². The molecule has 0 aliphatic heterocycles. The maximum Gasteiger partial charge on any atom is 0.170 e. The summed E-state index contributed by atoms with van der Waals surface area (Å²) >= 11 is 4.85. The van der Waals surface area contributed by atoms with Gasteiger partial charge in [-0.05, 0) is 36.5 Å². The fourth-order valence-corrected chi connectivity index (χ4v) is 1.09. The molecule has 0 saturated carbocycles. The van der Waals surface area contributed by atoms with E-state index in [9.17, 15) is 8.78 Å². The Labute approximate surface area is 86.3 Å². The molecule has 2 N–H and O–H groups in total. The van der Waals surface area contributed by atoms with Crippen molar-refractivity contribution in [2.75, 3.05) is 18.5 Å². The second-order valence-corrected chi connectivity index (χ2v) is 2.99. The average molecular weight is 216 g/mol. The molecule has 1 aromatic rings. The molecule has 1 rings (SSSR count). The first-order valence-electron chi connectivity index (χ1n) is 4.09.